The second-order valence-electron chi connectivity index (χ2n) is 4.97. The average molecular weight is 276 g/mol. The van der Waals surface area contributed by atoms with Crippen molar-refractivity contribution in [2.45, 2.75) is 19.4 Å². The summed E-state index contributed by atoms with van der Waals surface area (Å²) in [6.45, 7) is 5.64. The van der Waals surface area contributed by atoms with Crippen LogP contribution in [-0.2, 0) is 6.54 Å². The Morgan fingerprint density at radius 2 is 2.26 bits per heavy atom. The molecular formula is C14H20N4S. The lowest BCUT2D eigenvalue weighted by atomic mass is 10.2. The van der Waals surface area contributed by atoms with Crippen LogP contribution in [0.3, 0.4) is 0 Å². The van der Waals surface area contributed by atoms with Crippen molar-refractivity contribution in [3.05, 3.63) is 29.3 Å². The van der Waals surface area contributed by atoms with Gasteiger partial charge in [-0.15, -0.1) is 11.3 Å². The van der Waals surface area contributed by atoms with E-state index in [1.807, 2.05) is 6.20 Å². The highest BCUT2D eigenvalue weighted by molar-refractivity contribution is 7.13. The average Bonchev–Trinajstić information content (AvgIpc) is 3.15. The van der Waals surface area contributed by atoms with Crippen LogP contribution in [-0.4, -0.2) is 41.3 Å². The van der Waals surface area contributed by atoms with Gasteiger partial charge in [0.2, 0.25) is 0 Å². The molecule has 3 rings (SSSR count). The summed E-state index contributed by atoms with van der Waals surface area (Å²) in [4.78, 5) is 3.79. The highest BCUT2D eigenvalue weighted by Crippen LogP contribution is 2.25. The van der Waals surface area contributed by atoms with E-state index in [1.165, 1.54) is 36.4 Å². The van der Waals surface area contributed by atoms with Crippen molar-refractivity contribution in [2.75, 3.05) is 26.2 Å². The SMILES string of the molecule is c1csc(-c2[nH]ncc2CNCCN2CCCC2)c1. The van der Waals surface area contributed by atoms with E-state index in [2.05, 4.69) is 37.9 Å². The molecule has 3 heterocycles. The molecule has 0 unspecified atom stereocenters. The third-order valence-electron chi connectivity index (χ3n) is 3.60. The first kappa shape index (κ1) is 12.8. The van der Waals surface area contributed by atoms with Gasteiger partial charge in [-0.2, -0.15) is 5.10 Å². The Labute approximate surface area is 117 Å². The van der Waals surface area contributed by atoms with Gasteiger partial charge in [0.1, 0.15) is 0 Å². The number of aromatic nitrogens is 2. The maximum absolute atomic E-state index is 4.17. The summed E-state index contributed by atoms with van der Waals surface area (Å²) < 4.78 is 0. The summed E-state index contributed by atoms with van der Waals surface area (Å²) in [6.07, 6.45) is 4.66. The van der Waals surface area contributed by atoms with Crippen LogP contribution in [0.5, 0.6) is 0 Å². The molecule has 0 bridgehead atoms. The van der Waals surface area contributed by atoms with Crippen molar-refractivity contribution < 1.29 is 0 Å². The van der Waals surface area contributed by atoms with Crippen molar-refractivity contribution >= 4 is 11.3 Å². The monoisotopic (exact) mass is 276 g/mol. The summed E-state index contributed by atoms with van der Waals surface area (Å²) in [5.41, 5.74) is 2.41. The molecule has 1 aliphatic rings. The summed E-state index contributed by atoms with van der Waals surface area (Å²) in [7, 11) is 0. The number of H-pyrrole nitrogens is 1. The van der Waals surface area contributed by atoms with E-state index in [0.717, 1.165) is 25.3 Å². The number of thiophene rings is 1. The maximum atomic E-state index is 4.17. The van der Waals surface area contributed by atoms with Gasteiger partial charge in [0.05, 0.1) is 16.8 Å². The molecule has 2 aromatic heterocycles. The van der Waals surface area contributed by atoms with Gasteiger partial charge in [-0.25, -0.2) is 0 Å². The Hall–Kier alpha value is -1.17. The van der Waals surface area contributed by atoms with Gasteiger partial charge in [0, 0.05) is 25.2 Å². The highest BCUT2D eigenvalue weighted by Gasteiger charge is 2.11. The molecule has 1 fully saturated rings. The summed E-state index contributed by atoms with van der Waals surface area (Å²) in [5, 5.41) is 12.9. The molecule has 2 aromatic rings. The van der Waals surface area contributed by atoms with E-state index >= 15 is 0 Å². The zero-order valence-electron chi connectivity index (χ0n) is 11.1. The number of aromatic amines is 1. The molecule has 0 saturated carbocycles. The fourth-order valence-corrected chi connectivity index (χ4v) is 3.30. The van der Waals surface area contributed by atoms with Crippen LogP contribution in [0.2, 0.25) is 0 Å². The van der Waals surface area contributed by atoms with E-state index < -0.39 is 0 Å². The Kier molecular flexibility index (Phi) is 4.27. The zero-order valence-corrected chi connectivity index (χ0v) is 11.9. The van der Waals surface area contributed by atoms with Gasteiger partial charge in [0.25, 0.3) is 0 Å². The minimum Gasteiger partial charge on any atom is -0.311 e. The maximum Gasteiger partial charge on any atom is 0.0794 e. The predicted octanol–water partition coefficient (Wildman–Crippen LogP) is 2.32. The van der Waals surface area contributed by atoms with Crippen LogP contribution >= 0.6 is 11.3 Å². The largest absolute Gasteiger partial charge is 0.311 e. The molecule has 1 saturated heterocycles. The minimum absolute atomic E-state index is 0.886. The highest BCUT2D eigenvalue weighted by atomic mass is 32.1. The number of nitrogens with one attached hydrogen (secondary N) is 2. The van der Waals surface area contributed by atoms with Crippen LogP contribution < -0.4 is 5.32 Å². The van der Waals surface area contributed by atoms with Gasteiger partial charge in [-0.05, 0) is 37.4 Å². The van der Waals surface area contributed by atoms with Crippen molar-refractivity contribution in [2.24, 2.45) is 0 Å². The Bertz CT molecular complexity index is 485. The third kappa shape index (κ3) is 3.23. The van der Waals surface area contributed by atoms with Crippen LogP contribution in [0, 0.1) is 0 Å². The third-order valence-corrected chi connectivity index (χ3v) is 4.49. The van der Waals surface area contributed by atoms with E-state index in [-0.39, 0.29) is 0 Å². The lowest BCUT2D eigenvalue weighted by Gasteiger charge is -2.14. The first-order chi connectivity index (χ1) is 9.43. The molecule has 0 spiro atoms. The quantitative estimate of drug-likeness (QED) is 0.796. The van der Waals surface area contributed by atoms with Crippen molar-refractivity contribution in [1.29, 1.82) is 0 Å². The van der Waals surface area contributed by atoms with Gasteiger partial charge < -0.3 is 10.2 Å². The van der Waals surface area contributed by atoms with Crippen LogP contribution in [0.1, 0.15) is 18.4 Å². The minimum atomic E-state index is 0.886. The van der Waals surface area contributed by atoms with Crippen LogP contribution in [0.15, 0.2) is 23.7 Å². The zero-order chi connectivity index (χ0) is 12.9. The van der Waals surface area contributed by atoms with Gasteiger partial charge in [-0.3, -0.25) is 5.10 Å². The number of hydrogen-bond acceptors (Lipinski definition) is 4. The predicted molar refractivity (Wildman–Crippen MR) is 79.3 cm³/mol. The fourth-order valence-electron chi connectivity index (χ4n) is 2.55. The smallest absolute Gasteiger partial charge is 0.0794 e. The Morgan fingerprint density at radius 3 is 3.05 bits per heavy atom. The molecule has 2 N–H and O–H groups in total. The summed E-state index contributed by atoms with van der Waals surface area (Å²) >= 11 is 1.75. The fraction of sp³-hybridized carbons (Fsp3) is 0.500. The van der Waals surface area contributed by atoms with Crippen molar-refractivity contribution in [1.82, 2.24) is 20.4 Å². The molecule has 0 aromatic carbocycles. The first-order valence-electron chi connectivity index (χ1n) is 6.92. The molecule has 0 radical (unpaired) electrons. The number of likely N-dealkylation sites (tertiary alicyclic amines) is 1. The van der Waals surface area contributed by atoms with E-state index in [1.54, 1.807) is 11.3 Å². The van der Waals surface area contributed by atoms with Crippen LogP contribution in [0.4, 0.5) is 0 Å². The van der Waals surface area contributed by atoms with Crippen molar-refractivity contribution in [3.63, 3.8) is 0 Å². The molecule has 4 nitrogen and oxygen atoms in total. The topological polar surface area (TPSA) is 44.0 Å². The molecule has 102 valence electrons. The second kappa shape index (κ2) is 6.32. The molecular weight excluding hydrogens is 256 g/mol. The van der Waals surface area contributed by atoms with E-state index in [0.29, 0.717) is 0 Å². The van der Waals surface area contributed by atoms with Gasteiger partial charge >= 0.3 is 0 Å². The van der Waals surface area contributed by atoms with Gasteiger partial charge in [-0.1, -0.05) is 6.07 Å². The molecule has 19 heavy (non-hydrogen) atoms. The Balaban J connectivity index is 1.49. The first-order valence-corrected chi connectivity index (χ1v) is 7.80. The second-order valence-corrected chi connectivity index (χ2v) is 5.92. The molecule has 0 amide bonds. The van der Waals surface area contributed by atoms with E-state index in [4.69, 9.17) is 0 Å². The number of nitrogens with zero attached hydrogens (tertiary/aromatic N) is 2. The molecule has 0 atom stereocenters. The lowest BCUT2D eigenvalue weighted by molar-refractivity contribution is 0.335. The van der Waals surface area contributed by atoms with Crippen LogP contribution in [0.25, 0.3) is 10.6 Å². The molecule has 1 aliphatic heterocycles. The lowest BCUT2D eigenvalue weighted by Crippen LogP contribution is -2.29. The van der Waals surface area contributed by atoms with Gasteiger partial charge in [0.15, 0.2) is 0 Å². The van der Waals surface area contributed by atoms with E-state index in [9.17, 15) is 0 Å². The molecule has 0 aliphatic carbocycles. The summed E-state index contributed by atoms with van der Waals surface area (Å²) in [6, 6.07) is 4.21. The normalized spacial score (nSPS) is 16.2. The number of rotatable bonds is 6. The standard InChI is InChI=1S/C14H20N4S/c1-2-7-18(6-1)8-5-15-10-12-11-16-17-14(12)13-4-3-9-19-13/h3-4,9,11,15H,1-2,5-8,10H2,(H,16,17). The Morgan fingerprint density at radius 1 is 1.37 bits per heavy atom. The van der Waals surface area contributed by atoms with Crippen molar-refractivity contribution in [3.8, 4) is 10.6 Å². The molecule has 5 heteroatoms. The summed E-state index contributed by atoms with van der Waals surface area (Å²) in [5.74, 6) is 0. The number of hydrogen-bond donors (Lipinski definition) is 2.